The Morgan fingerprint density at radius 3 is 2.24 bits per heavy atom. The third-order valence-corrected chi connectivity index (χ3v) is 10.6. The SMILES string of the molecule is CC(C)C1C=C(c2n[nH]c(=O)n2-c2ccc(CN3CCN(S(=O)(=O)N4CCC(C(=O)O)CC4)CC3)cc2)C(=O)CC1O. The number of hydrogen-bond donors (Lipinski definition) is 3. The smallest absolute Gasteiger partial charge is 0.348 e. The summed E-state index contributed by atoms with van der Waals surface area (Å²) in [5.41, 5.74) is 1.39. The number of nitrogens with one attached hydrogen (secondary N) is 1. The Bertz CT molecular complexity index is 1500. The van der Waals surface area contributed by atoms with Crippen LogP contribution in [0.25, 0.3) is 11.3 Å². The number of H-pyrrole nitrogens is 1. The van der Waals surface area contributed by atoms with E-state index in [0.717, 1.165) is 5.56 Å². The number of piperazine rings is 1. The average Bonchev–Trinajstić information content (AvgIpc) is 3.34. The van der Waals surface area contributed by atoms with Crippen LogP contribution in [0.1, 0.15) is 44.5 Å². The number of carbonyl (C=O) groups excluding carboxylic acids is 1. The largest absolute Gasteiger partial charge is 0.481 e. The zero-order chi connectivity index (χ0) is 30.2. The van der Waals surface area contributed by atoms with E-state index in [1.807, 2.05) is 26.0 Å². The molecule has 2 aromatic rings. The predicted molar refractivity (Wildman–Crippen MR) is 154 cm³/mol. The second-order valence-electron chi connectivity index (χ2n) is 11.6. The monoisotopic (exact) mass is 602 g/mol. The molecule has 13 nitrogen and oxygen atoms in total. The highest BCUT2D eigenvalue weighted by Crippen LogP contribution is 2.31. The summed E-state index contributed by atoms with van der Waals surface area (Å²) >= 11 is 0. The van der Waals surface area contributed by atoms with E-state index in [4.69, 9.17) is 0 Å². The Morgan fingerprint density at radius 2 is 1.64 bits per heavy atom. The van der Waals surface area contributed by atoms with Gasteiger partial charge in [-0.2, -0.15) is 22.1 Å². The standard InChI is InChI=1S/C28H38N6O7S/c1-18(2)22-15-23(25(36)16-24(22)35)26-29-30-28(39)34(26)21-5-3-19(4-6-21)17-31-11-13-33(14-12-31)42(40,41)32-9-7-20(8-10-32)27(37)38/h3-6,15,18,20,22,24,35H,7-14,16-17H2,1-2H3,(H,30,39)(H,37,38). The minimum atomic E-state index is -3.63. The second-order valence-corrected chi connectivity index (χ2v) is 13.6. The molecule has 0 saturated carbocycles. The highest BCUT2D eigenvalue weighted by Gasteiger charge is 2.36. The highest BCUT2D eigenvalue weighted by molar-refractivity contribution is 7.86. The molecular weight excluding hydrogens is 564 g/mol. The first-order valence-electron chi connectivity index (χ1n) is 14.4. The Balaban J connectivity index is 1.22. The summed E-state index contributed by atoms with van der Waals surface area (Å²) in [5, 5.41) is 26.1. The molecule has 1 aromatic heterocycles. The maximum atomic E-state index is 13.1. The molecule has 2 fully saturated rings. The summed E-state index contributed by atoms with van der Waals surface area (Å²) in [7, 11) is -3.63. The van der Waals surface area contributed by atoms with E-state index >= 15 is 0 Å². The molecule has 14 heteroatoms. The molecule has 0 amide bonds. The zero-order valence-corrected chi connectivity index (χ0v) is 24.7. The van der Waals surface area contributed by atoms with Gasteiger partial charge in [0.1, 0.15) is 0 Å². The normalized spacial score (nSPS) is 23.8. The summed E-state index contributed by atoms with van der Waals surface area (Å²) in [6.45, 7) is 6.79. The van der Waals surface area contributed by atoms with Gasteiger partial charge in [0.05, 0.1) is 23.3 Å². The number of carbonyl (C=O) groups is 2. The van der Waals surface area contributed by atoms with Gasteiger partial charge in [-0.1, -0.05) is 32.1 Å². The number of aromatic amines is 1. The molecule has 5 rings (SSSR count). The third kappa shape index (κ3) is 6.13. The van der Waals surface area contributed by atoms with Crippen LogP contribution in [-0.2, 0) is 26.3 Å². The minimum absolute atomic E-state index is 0.0214. The molecule has 0 bridgehead atoms. The average molecular weight is 603 g/mol. The van der Waals surface area contributed by atoms with Gasteiger partial charge in [0.15, 0.2) is 11.6 Å². The fraction of sp³-hybridized carbons (Fsp3) is 0.571. The quantitative estimate of drug-likeness (QED) is 0.394. The number of carboxylic acid groups (broad SMARTS) is 1. The molecule has 0 radical (unpaired) electrons. The van der Waals surface area contributed by atoms with E-state index in [1.165, 1.54) is 13.2 Å². The van der Waals surface area contributed by atoms with Crippen LogP contribution < -0.4 is 5.69 Å². The lowest BCUT2D eigenvalue weighted by atomic mass is 9.80. The molecule has 2 atom stereocenters. The number of allylic oxidation sites excluding steroid dienone is 1. The number of piperidine rings is 1. The molecule has 42 heavy (non-hydrogen) atoms. The summed E-state index contributed by atoms with van der Waals surface area (Å²) in [4.78, 5) is 38.9. The minimum Gasteiger partial charge on any atom is -0.481 e. The first kappa shape index (κ1) is 30.3. The molecule has 1 aromatic carbocycles. The molecule has 3 heterocycles. The predicted octanol–water partition coefficient (Wildman–Crippen LogP) is 0.709. The van der Waals surface area contributed by atoms with E-state index < -0.39 is 33.9 Å². The number of aromatic nitrogens is 3. The molecule has 2 aliphatic heterocycles. The molecule has 3 aliphatic rings. The van der Waals surface area contributed by atoms with Gasteiger partial charge in [-0.05, 0) is 36.5 Å². The van der Waals surface area contributed by atoms with Crippen molar-refractivity contribution in [1.29, 1.82) is 0 Å². The van der Waals surface area contributed by atoms with E-state index in [0.29, 0.717) is 56.8 Å². The lowest BCUT2D eigenvalue weighted by Gasteiger charge is -2.38. The summed E-state index contributed by atoms with van der Waals surface area (Å²) in [6.07, 6.45) is 1.59. The second kappa shape index (κ2) is 12.2. The van der Waals surface area contributed by atoms with Crippen LogP contribution in [0.3, 0.4) is 0 Å². The Labute approximate surface area is 244 Å². The van der Waals surface area contributed by atoms with Crippen molar-refractivity contribution in [3.8, 4) is 5.69 Å². The maximum absolute atomic E-state index is 13.1. The fourth-order valence-electron chi connectivity index (χ4n) is 6.01. The van der Waals surface area contributed by atoms with Crippen molar-refractivity contribution in [2.45, 2.75) is 45.8 Å². The van der Waals surface area contributed by atoms with Crippen LogP contribution >= 0.6 is 0 Å². The Morgan fingerprint density at radius 1 is 1.02 bits per heavy atom. The maximum Gasteiger partial charge on any atom is 0.348 e. The number of aliphatic carboxylic acids is 1. The van der Waals surface area contributed by atoms with Gasteiger partial charge in [-0.25, -0.2) is 14.5 Å². The molecule has 0 spiro atoms. The molecule has 3 N–H and O–H groups in total. The fourth-order valence-corrected chi connectivity index (χ4v) is 7.63. The highest BCUT2D eigenvalue weighted by atomic mass is 32.2. The van der Waals surface area contributed by atoms with Crippen LogP contribution in [0.15, 0.2) is 35.1 Å². The number of nitrogens with zero attached hydrogens (tertiary/aromatic N) is 5. The first-order valence-corrected chi connectivity index (χ1v) is 15.8. The van der Waals surface area contributed by atoms with Crippen molar-refractivity contribution in [3.05, 3.63) is 52.2 Å². The first-order chi connectivity index (χ1) is 20.0. The lowest BCUT2D eigenvalue weighted by molar-refractivity contribution is -0.143. The topological polar surface area (TPSA) is 169 Å². The van der Waals surface area contributed by atoms with Gasteiger partial charge in [0.25, 0.3) is 10.2 Å². The Kier molecular flexibility index (Phi) is 8.81. The number of rotatable bonds is 8. The van der Waals surface area contributed by atoms with Gasteiger partial charge in [-0.3, -0.25) is 14.5 Å². The van der Waals surface area contributed by atoms with Crippen molar-refractivity contribution in [1.82, 2.24) is 28.3 Å². The summed E-state index contributed by atoms with van der Waals surface area (Å²) in [6, 6.07) is 7.37. The number of aliphatic hydroxyl groups excluding tert-OH is 1. The number of carboxylic acids is 1. The molecule has 2 saturated heterocycles. The van der Waals surface area contributed by atoms with Gasteiger partial charge < -0.3 is 10.2 Å². The van der Waals surface area contributed by atoms with Gasteiger partial charge in [0, 0.05) is 58.2 Å². The van der Waals surface area contributed by atoms with Gasteiger partial charge in [0.2, 0.25) is 0 Å². The summed E-state index contributed by atoms with van der Waals surface area (Å²) in [5.74, 6) is -1.51. The van der Waals surface area contributed by atoms with Crippen molar-refractivity contribution >= 4 is 27.5 Å². The van der Waals surface area contributed by atoms with Crippen molar-refractivity contribution in [2.75, 3.05) is 39.3 Å². The van der Waals surface area contributed by atoms with Crippen molar-refractivity contribution < 1.29 is 28.2 Å². The Hall–Kier alpha value is -3.17. The van der Waals surface area contributed by atoms with Crippen molar-refractivity contribution in [3.63, 3.8) is 0 Å². The molecule has 228 valence electrons. The van der Waals surface area contributed by atoms with Gasteiger partial charge >= 0.3 is 11.7 Å². The third-order valence-electron chi connectivity index (χ3n) is 8.57. The van der Waals surface area contributed by atoms with Crippen LogP contribution in [0.5, 0.6) is 0 Å². The van der Waals surface area contributed by atoms with Crippen LogP contribution in [0, 0.1) is 17.8 Å². The number of ketones is 1. The van der Waals surface area contributed by atoms with Crippen LogP contribution in [0.2, 0.25) is 0 Å². The molecular formula is C28H38N6O7S. The van der Waals surface area contributed by atoms with Crippen LogP contribution in [0.4, 0.5) is 0 Å². The van der Waals surface area contributed by atoms with E-state index in [1.54, 1.807) is 18.2 Å². The lowest BCUT2D eigenvalue weighted by Crippen LogP contribution is -2.54. The van der Waals surface area contributed by atoms with Gasteiger partial charge in [-0.15, -0.1) is 0 Å². The van der Waals surface area contributed by atoms with Crippen LogP contribution in [-0.4, -0.2) is 104 Å². The summed E-state index contributed by atoms with van der Waals surface area (Å²) < 4.78 is 30.4. The van der Waals surface area contributed by atoms with Crippen molar-refractivity contribution in [2.24, 2.45) is 17.8 Å². The van der Waals surface area contributed by atoms with E-state index in [9.17, 15) is 33.0 Å². The molecule has 2 unspecified atom stereocenters. The van der Waals surface area contributed by atoms with E-state index in [-0.39, 0.29) is 43.0 Å². The zero-order valence-electron chi connectivity index (χ0n) is 23.8. The number of aliphatic hydroxyl groups is 1. The van der Waals surface area contributed by atoms with E-state index in [2.05, 4.69) is 15.1 Å². The number of benzene rings is 1. The number of hydrogen-bond acceptors (Lipinski definition) is 8. The number of Topliss-reactive ketones (excluding diaryl/α,β-unsaturated/α-hetero) is 1. The molecule has 1 aliphatic carbocycles.